The van der Waals surface area contributed by atoms with Crippen molar-refractivity contribution in [1.29, 1.82) is 0 Å². The van der Waals surface area contributed by atoms with E-state index in [9.17, 15) is 4.79 Å². The molecule has 2 heteroatoms. The number of hydrogen-bond acceptors (Lipinski definition) is 2. The molecule has 0 radical (unpaired) electrons. The maximum atomic E-state index is 12.5. The molecule has 5 aliphatic rings. The largest absolute Gasteiger partial charge is 0.491 e. The Hall–Kier alpha value is -0.790. The van der Waals surface area contributed by atoms with Gasteiger partial charge < -0.3 is 4.74 Å². The molecule has 4 aliphatic carbocycles. The van der Waals surface area contributed by atoms with Crippen LogP contribution in [0, 0.1) is 22.7 Å². The van der Waals surface area contributed by atoms with Gasteiger partial charge in [-0.1, -0.05) is 27.7 Å². The number of ether oxygens (including phenoxy) is 1. The van der Waals surface area contributed by atoms with Crippen molar-refractivity contribution in [2.24, 2.45) is 22.7 Å². The van der Waals surface area contributed by atoms with Crippen LogP contribution in [0.25, 0.3) is 0 Å². The quantitative estimate of drug-likeness (QED) is 0.660. The Labute approximate surface area is 122 Å². The first-order chi connectivity index (χ1) is 9.24. The summed E-state index contributed by atoms with van der Waals surface area (Å²) >= 11 is 0. The summed E-state index contributed by atoms with van der Waals surface area (Å²) in [6.07, 6.45) is 6.30. The van der Waals surface area contributed by atoms with Crippen molar-refractivity contribution in [1.82, 2.24) is 0 Å². The number of carbonyl (C=O) groups excluding carboxylic acids is 1. The average molecular weight is 274 g/mol. The van der Waals surface area contributed by atoms with E-state index in [1.165, 1.54) is 12.8 Å². The highest BCUT2D eigenvalue weighted by Crippen LogP contribution is 2.67. The third-order valence-electron chi connectivity index (χ3n) is 6.78. The lowest BCUT2D eigenvalue weighted by molar-refractivity contribution is -0.202. The molecule has 3 atom stereocenters. The lowest BCUT2D eigenvalue weighted by atomic mass is 9.43. The van der Waals surface area contributed by atoms with Crippen LogP contribution in [0.5, 0.6) is 0 Å². The number of fused-ring (bicyclic) bond motifs is 1. The highest BCUT2D eigenvalue weighted by Gasteiger charge is 2.65. The summed E-state index contributed by atoms with van der Waals surface area (Å²) in [6.45, 7) is 9.18. The van der Waals surface area contributed by atoms with Crippen molar-refractivity contribution in [3.05, 3.63) is 11.3 Å². The second-order valence-electron chi connectivity index (χ2n) is 9.03. The molecule has 3 saturated carbocycles. The molecule has 0 aromatic heterocycles. The summed E-state index contributed by atoms with van der Waals surface area (Å²) in [5.74, 6) is 2.93. The molecule has 1 aliphatic heterocycles. The van der Waals surface area contributed by atoms with Gasteiger partial charge in [-0.3, -0.25) is 4.79 Å². The summed E-state index contributed by atoms with van der Waals surface area (Å²) in [5, 5.41) is 0. The lowest BCUT2D eigenvalue weighted by Gasteiger charge is -2.63. The molecule has 5 rings (SSSR count). The summed E-state index contributed by atoms with van der Waals surface area (Å²) in [4.78, 5) is 12.5. The third kappa shape index (κ3) is 1.48. The molecule has 1 heterocycles. The fourth-order valence-electron chi connectivity index (χ4n) is 5.50. The normalized spacial score (nSPS) is 44.1. The van der Waals surface area contributed by atoms with Crippen LogP contribution in [0.3, 0.4) is 0 Å². The number of ketones is 1. The van der Waals surface area contributed by atoms with Gasteiger partial charge >= 0.3 is 0 Å². The van der Waals surface area contributed by atoms with Crippen molar-refractivity contribution in [2.75, 3.05) is 0 Å². The zero-order chi connectivity index (χ0) is 14.3. The topological polar surface area (TPSA) is 26.3 Å². The Kier molecular flexibility index (Phi) is 2.27. The van der Waals surface area contributed by atoms with E-state index in [-0.39, 0.29) is 11.0 Å². The average Bonchev–Trinajstić information content (AvgIpc) is 2.65. The second kappa shape index (κ2) is 3.51. The molecular weight excluding hydrogens is 248 g/mol. The zero-order valence-corrected chi connectivity index (χ0v) is 13.2. The first-order valence-electron chi connectivity index (χ1n) is 8.18. The molecule has 0 aromatic rings. The number of carbonyl (C=O) groups is 1. The van der Waals surface area contributed by atoms with Crippen LogP contribution in [-0.2, 0) is 9.53 Å². The predicted molar refractivity (Wildman–Crippen MR) is 78.1 cm³/mol. The highest BCUT2D eigenvalue weighted by molar-refractivity contribution is 5.97. The van der Waals surface area contributed by atoms with Crippen molar-refractivity contribution in [3.8, 4) is 0 Å². The third-order valence-corrected chi connectivity index (χ3v) is 6.78. The van der Waals surface area contributed by atoms with Gasteiger partial charge in [-0.2, -0.15) is 0 Å². The van der Waals surface area contributed by atoms with Crippen LogP contribution >= 0.6 is 0 Å². The summed E-state index contributed by atoms with van der Waals surface area (Å²) in [5.41, 5.74) is 1.50. The van der Waals surface area contributed by atoms with Gasteiger partial charge in [-0.15, -0.1) is 0 Å². The predicted octanol–water partition coefficient (Wildman–Crippen LogP) is 4.24. The first kappa shape index (κ1) is 12.9. The van der Waals surface area contributed by atoms with Crippen molar-refractivity contribution in [2.45, 2.75) is 71.8 Å². The van der Waals surface area contributed by atoms with Crippen LogP contribution in [-0.4, -0.2) is 11.4 Å². The van der Waals surface area contributed by atoms with Crippen molar-refractivity contribution < 1.29 is 9.53 Å². The number of hydrogen-bond donors (Lipinski definition) is 0. The van der Waals surface area contributed by atoms with Crippen molar-refractivity contribution in [3.63, 3.8) is 0 Å². The van der Waals surface area contributed by atoms with Gasteiger partial charge in [0, 0.05) is 30.8 Å². The molecule has 20 heavy (non-hydrogen) atoms. The molecule has 110 valence electrons. The van der Waals surface area contributed by atoms with E-state index in [2.05, 4.69) is 27.7 Å². The monoisotopic (exact) mass is 274 g/mol. The summed E-state index contributed by atoms with van der Waals surface area (Å²) < 4.78 is 6.54. The van der Waals surface area contributed by atoms with Crippen LogP contribution in [0.2, 0.25) is 0 Å². The molecule has 3 fully saturated rings. The minimum atomic E-state index is -0.0288. The number of Topliss-reactive ketones (excluding diaryl/α,β-unsaturated/α-hetero) is 1. The van der Waals surface area contributed by atoms with Crippen LogP contribution in [0.15, 0.2) is 11.3 Å². The van der Waals surface area contributed by atoms with Gasteiger partial charge in [0.1, 0.15) is 11.4 Å². The summed E-state index contributed by atoms with van der Waals surface area (Å²) in [7, 11) is 0. The standard InChI is InChI=1S/C18H26O2/c1-16(2)9-13(19)12-8-18(20-14(12)10-16)6-5-11-7-15(18)17(11,3)4/h11,15H,5-10H2,1-4H3/t11-,15+,18?/m1/s1. The number of allylic oxidation sites excluding steroid dienone is 1. The van der Waals surface area contributed by atoms with E-state index >= 15 is 0 Å². The maximum absolute atomic E-state index is 12.5. The fraction of sp³-hybridized carbons (Fsp3) is 0.833. The van der Waals surface area contributed by atoms with Gasteiger partial charge in [-0.05, 0) is 36.0 Å². The maximum Gasteiger partial charge on any atom is 0.162 e. The van der Waals surface area contributed by atoms with E-state index in [1.807, 2.05) is 0 Å². The Morgan fingerprint density at radius 3 is 2.50 bits per heavy atom. The highest BCUT2D eigenvalue weighted by atomic mass is 16.5. The Morgan fingerprint density at radius 2 is 1.85 bits per heavy atom. The molecule has 0 aromatic carbocycles. The minimum Gasteiger partial charge on any atom is -0.491 e. The molecule has 2 nitrogen and oxygen atoms in total. The van der Waals surface area contributed by atoms with E-state index in [0.29, 0.717) is 23.5 Å². The van der Waals surface area contributed by atoms with Crippen molar-refractivity contribution >= 4 is 5.78 Å². The van der Waals surface area contributed by atoms with Gasteiger partial charge in [0.05, 0.1) is 0 Å². The minimum absolute atomic E-state index is 0.0288. The Balaban J connectivity index is 1.65. The molecule has 0 N–H and O–H groups in total. The van der Waals surface area contributed by atoms with Crippen LogP contribution < -0.4 is 0 Å². The molecule has 2 bridgehead atoms. The molecule has 0 saturated heterocycles. The van der Waals surface area contributed by atoms with Gasteiger partial charge in [0.25, 0.3) is 0 Å². The SMILES string of the molecule is CC1(C)CC(=O)C2=C(C1)OC1(CC[C@@H]3C[C@H]1C3(C)C)C2. The molecular formula is C18H26O2. The summed E-state index contributed by atoms with van der Waals surface area (Å²) in [6, 6.07) is 0. The van der Waals surface area contributed by atoms with Crippen LogP contribution in [0.4, 0.5) is 0 Å². The van der Waals surface area contributed by atoms with Gasteiger partial charge in [0.15, 0.2) is 5.78 Å². The Morgan fingerprint density at radius 1 is 1.10 bits per heavy atom. The molecule has 1 spiro atoms. The second-order valence-corrected chi connectivity index (χ2v) is 9.03. The van der Waals surface area contributed by atoms with E-state index in [4.69, 9.17) is 4.74 Å². The van der Waals surface area contributed by atoms with Crippen LogP contribution in [0.1, 0.15) is 66.2 Å². The molecule has 0 amide bonds. The van der Waals surface area contributed by atoms with E-state index < -0.39 is 0 Å². The van der Waals surface area contributed by atoms with E-state index in [1.54, 1.807) is 0 Å². The van der Waals surface area contributed by atoms with Gasteiger partial charge in [0.2, 0.25) is 0 Å². The van der Waals surface area contributed by atoms with E-state index in [0.717, 1.165) is 36.5 Å². The number of rotatable bonds is 0. The molecule has 1 unspecified atom stereocenters. The first-order valence-corrected chi connectivity index (χ1v) is 8.18. The zero-order valence-electron chi connectivity index (χ0n) is 13.2. The van der Waals surface area contributed by atoms with Gasteiger partial charge in [-0.25, -0.2) is 0 Å². The fourth-order valence-corrected chi connectivity index (χ4v) is 5.50. The smallest absolute Gasteiger partial charge is 0.162 e. The Bertz CT molecular complexity index is 524. The lowest BCUT2D eigenvalue weighted by Crippen LogP contribution is -2.61.